The summed E-state index contributed by atoms with van der Waals surface area (Å²) in [6.07, 6.45) is -0.449. The van der Waals surface area contributed by atoms with Gasteiger partial charge in [-0.2, -0.15) is 0 Å². The zero-order valence-electron chi connectivity index (χ0n) is 19.3. The predicted octanol–water partition coefficient (Wildman–Crippen LogP) is 3.70. The third kappa shape index (κ3) is 4.92. The van der Waals surface area contributed by atoms with E-state index in [0.29, 0.717) is 10.6 Å². The molecule has 0 aromatic heterocycles. The van der Waals surface area contributed by atoms with Gasteiger partial charge < -0.3 is 15.0 Å². The van der Waals surface area contributed by atoms with E-state index in [2.05, 4.69) is 5.32 Å². The summed E-state index contributed by atoms with van der Waals surface area (Å²) in [5, 5.41) is 2.47. The summed E-state index contributed by atoms with van der Waals surface area (Å²) >= 11 is 6.97. The number of rotatable bonds is 7. The second-order valence-corrected chi connectivity index (χ2v) is 10.3. The molecule has 2 saturated heterocycles. The Balaban J connectivity index is 1.30. The monoisotopic (exact) mass is 516 g/mol. The number of hydrogen-bond donors (Lipinski definition) is 1. The number of thioether (sulfide) groups is 1. The van der Waals surface area contributed by atoms with Crippen molar-refractivity contribution in [2.75, 3.05) is 5.75 Å². The second-order valence-electron chi connectivity index (χ2n) is 8.66. The molecule has 0 aliphatic carbocycles. The fourth-order valence-electron chi connectivity index (χ4n) is 4.49. The van der Waals surface area contributed by atoms with Gasteiger partial charge in [-0.1, -0.05) is 103 Å². The molecule has 182 valence electrons. The first-order valence-electron chi connectivity index (χ1n) is 11.6. The van der Waals surface area contributed by atoms with E-state index in [0.717, 1.165) is 16.7 Å². The normalized spacial score (nSPS) is 20.9. The molecule has 36 heavy (non-hydrogen) atoms. The molecule has 2 unspecified atom stereocenters. The summed E-state index contributed by atoms with van der Waals surface area (Å²) < 4.78 is 6.01. The van der Waals surface area contributed by atoms with Crippen molar-refractivity contribution in [3.05, 3.63) is 108 Å². The number of carbonyl (C=O) groups is 3. The van der Waals surface area contributed by atoms with Crippen LogP contribution in [0.1, 0.15) is 22.8 Å². The van der Waals surface area contributed by atoms with Gasteiger partial charge in [-0.15, -0.1) is 11.8 Å². The highest BCUT2D eigenvalue weighted by atomic mass is 32.2. The maximum Gasteiger partial charge on any atom is 0.335 e. The molecule has 2 aliphatic heterocycles. The van der Waals surface area contributed by atoms with E-state index in [4.69, 9.17) is 17.0 Å². The number of β-lactam (4-membered cyclic amide) rings is 1. The van der Waals surface area contributed by atoms with Crippen LogP contribution in [0, 0.1) is 0 Å². The van der Waals surface area contributed by atoms with Crippen LogP contribution in [0.4, 0.5) is 0 Å². The van der Waals surface area contributed by atoms with Crippen molar-refractivity contribution in [1.82, 2.24) is 10.2 Å². The molecule has 2 fully saturated rings. The molecular weight excluding hydrogens is 492 g/mol. The Morgan fingerprint density at radius 1 is 0.944 bits per heavy atom. The van der Waals surface area contributed by atoms with Crippen LogP contribution < -0.4 is 5.32 Å². The van der Waals surface area contributed by atoms with Gasteiger partial charge >= 0.3 is 5.97 Å². The lowest BCUT2D eigenvalue weighted by Crippen LogP contribution is -2.76. The molecule has 3 aromatic carbocycles. The number of amides is 2. The lowest BCUT2D eigenvalue weighted by atomic mass is 9.99. The maximum atomic E-state index is 13.5. The van der Waals surface area contributed by atoms with Crippen LogP contribution in [0.15, 0.2) is 91.0 Å². The molecular formula is C28H24N2O4S2. The number of esters is 1. The van der Waals surface area contributed by atoms with Crippen molar-refractivity contribution >= 4 is 46.6 Å². The highest BCUT2D eigenvalue weighted by molar-refractivity contribution is 8.02. The Morgan fingerprint density at radius 2 is 1.50 bits per heavy atom. The minimum Gasteiger partial charge on any atom is -0.451 e. The lowest BCUT2D eigenvalue weighted by molar-refractivity contribution is -0.163. The summed E-state index contributed by atoms with van der Waals surface area (Å²) in [7, 11) is 0. The van der Waals surface area contributed by atoms with Crippen LogP contribution in [-0.2, 0) is 25.5 Å². The van der Waals surface area contributed by atoms with Gasteiger partial charge in [-0.05, 0) is 16.7 Å². The first-order valence-corrected chi connectivity index (χ1v) is 13.1. The fourth-order valence-corrected chi connectivity index (χ4v) is 6.16. The van der Waals surface area contributed by atoms with Crippen LogP contribution in [0.25, 0.3) is 0 Å². The Bertz CT molecular complexity index is 1230. The predicted molar refractivity (Wildman–Crippen MR) is 142 cm³/mol. The van der Waals surface area contributed by atoms with Gasteiger partial charge in [0.05, 0.1) is 6.42 Å². The average molecular weight is 517 g/mol. The largest absolute Gasteiger partial charge is 0.451 e. The first-order chi connectivity index (χ1) is 17.5. The van der Waals surface area contributed by atoms with Crippen LogP contribution in [-0.4, -0.2) is 50.8 Å². The van der Waals surface area contributed by atoms with E-state index in [1.807, 2.05) is 91.0 Å². The zero-order chi connectivity index (χ0) is 25.1. The topological polar surface area (TPSA) is 75.7 Å². The van der Waals surface area contributed by atoms with E-state index in [1.54, 1.807) is 0 Å². The molecule has 1 N–H and O–H groups in total. The quantitative estimate of drug-likeness (QED) is 0.293. The molecule has 0 saturated carbocycles. The Hall–Kier alpha value is -3.49. The number of ether oxygens (including phenoxy) is 1. The molecule has 3 aromatic rings. The minimum atomic E-state index is -0.962. The number of nitrogens with one attached hydrogen (secondary N) is 1. The number of nitrogens with zero attached hydrogens (tertiary/aromatic N) is 1. The average Bonchev–Trinajstić information content (AvgIpc) is 2.91. The van der Waals surface area contributed by atoms with E-state index >= 15 is 0 Å². The van der Waals surface area contributed by atoms with Crippen LogP contribution >= 0.6 is 24.0 Å². The molecule has 0 bridgehead atoms. The van der Waals surface area contributed by atoms with Crippen LogP contribution in [0.5, 0.6) is 0 Å². The Kier molecular flexibility index (Phi) is 7.16. The number of benzene rings is 3. The first kappa shape index (κ1) is 24.2. The minimum absolute atomic E-state index is 0.182. The van der Waals surface area contributed by atoms with Gasteiger partial charge in [0.25, 0.3) is 0 Å². The lowest BCUT2D eigenvalue weighted by Gasteiger charge is -2.52. The highest BCUT2D eigenvalue weighted by Gasteiger charge is 2.57. The summed E-state index contributed by atoms with van der Waals surface area (Å²) in [5.74, 6) is -0.699. The van der Waals surface area contributed by atoms with Gasteiger partial charge in [0.2, 0.25) is 11.8 Å². The van der Waals surface area contributed by atoms with Gasteiger partial charge in [0.15, 0.2) is 12.1 Å². The number of hydrogen-bond acceptors (Lipinski definition) is 6. The Labute approximate surface area is 219 Å². The van der Waals surface area contributed by atoms with Crippen molar-refractivity contribution in [2.45, 2.75) is 30.0 Å². The van der Waals surface area contributed by atoms with Crippen molar-refractivity contribution in [3.63, 3.8) is 0 Å². The van der Waals surface area contributed by atoms with Gasteiger partial charge in [-0.3, -0.25) is 9.59 Å². The van der Waals surface area contributed by atoms with E-state index < -0.39 is 24.2 Å². The van der Waals surface area contributed by atoms with Gasteiger partial charge in [0, 0.05) is 10.6 Å². The molecule has 2 heterocycles. The standard InChI is InChI=1S/C28H24N2O4S2/c31-22(16-18-10-4-1-5-11-18)29-23-26(32)30-24(21(35)17-36-27(23)30)28(33)34-25(19-12-6-2-7-13-19)20-14-8-3-9-15-20/h1-15,23-25,27H,16-17H2,(H,29,31)/t23?,24?,27-/m0/s1. The molecule has 0 spiro atoms. The molecule has 5 rings (SSSR count). The molecule has 0 radical (unpaired) electrons. The third-order valence-electron chi connectivity index (χ3n) is 6.25. The Morgan fingerprint density at radius 3 is 2.08 bits per heavy atom. The highest BCUT2D eigenvalue weighted by Crippen LogP contribution is 2.38. The summed E-state index contributed by atoms with van der Waals surface area (Å²) in [4.78, 5) is 41.0. The molecule has 8 heteroatoms. The number of carbonyl (C=O) groups excluding carboxylic acids is 3. The second kappa shape index (κ2) is 10.6. The maximum absolute atomic E-state index is 13.5. The zero-order valence-corrected chi connectivity index (χ0v) is 20.9. The molecule has 6 nitrogen and oxygen atoms in total. The molecule has 2 aliphatic rings. The molecule has 2 amide bonds. The summed E-state index contributed by atoms with van der Waals surface area (Å²) in [5.41, 5.74) is 2.52. The van der Waals surface area contributed by atoms with Crippen molar-refractivity contribution in [2.24, 2.45) is 0 Å². The third-order valence-corrected chi connectivity index (χ3v) is 8.11. The number of thiocarbonyl (C=S) groups is 1. The summed E-state index contributed by atoms with van der Waals surface area (Å²) in [6.45, 7) is 0. The van der Waals surface area contributed by atoms with Gasteiger partial charge in [0.1, 0.15) is 11.4 Å². The fraction of sp³-hybridized carbons (Fsp3) is 0.214. The van der Waals surface area contributed by atoms with Crippen molar-refractivity contribution in [1.29, 1.82) is 0 Å². The van der Waals surface area contributed by atoms with Crippen LogP contribution in [0.3, 0.4) is 0 Å². The smallest absolute Gasteiger partial charge is 0.335 e. The summed E-state index contributed by atoms with van der Waals surface area (Å²) in [6, 6.07) is 26.6. The van der Waals surface area contributed by atoms with E-state index in [1.165, 1.54) is 16.7 Å². The van der Waals surface area contributed by atoms with Crippen LogP contribution in [0.2, 0.25) is 0 Å². The SMILES string of the molecule is O=C(Cc1ccccc1)NC1C(=O)N2C(C(=O)OC(c3ccccc3)c3ccccc3)C(=S)CS[C@@H]12. The van der Waals surface area contributed by atoms with E-state index in [9.17, 15) is 14.4 Å². The van der Waals surface area contributed by atoms with Crippen molar-refractivity contribution in [3.8, 4) is 0 Å². The molecule has 3 atom stereocenters. The van der Waals surface area contributed by atoms with Gasteiger partial charge in [-0.25, -0.2) is 4.79 Å². The van der Waals surface area contributed by atoms with Crippen molar-refractivity contribution < 1.29 is 19.1 Å². The van der Waals surface area contributed by atoms with E-state index in [-0.39, 0.29) is 23.6 Å². The number of fused-ring (bicyclic) bond motifs is 1.